The molecule has 3 aromatic rings. The minimum atomic E-state index is 0.533. The Morgan fingerprint density at radius 3 is 2.85 bits per heavy atom. The zero-order chi connectivity index (χ0) is 14.1. The maximum atomic E-state index is 4.50. The molecule has 0 saturated carbocycles. The monoisotopic (exact) mass is 286 g/mol. The predicted octanol–water partition coefficient (Wildman–Crippen LogP) is 2.60. The number of hydrogen-bond acceptors (Lipinski definition) is 7. The minimum Gasteiger partial charge on any atom is -0.362 e. The molecule has 0 saturated heterocycles. The number of nitrogens with zero attached hydrogens (tertiary/aromatic N) is 5. The molecule has 0 spiro atoms. The quantitative estimate of drug-likeness (QED) is 0.798. The fourth-order valence-electron chi connectivity index (χ4n) is 1.94. The molecule has 3 rings (SSSR count). The van der Waals surface area contributed by atoms with Crippen LogP contribution in [0.1, 0.15) is 5.56 Å². The fraction of sp³-hybridized carbons (Fsp3) is 0.231. The lowest BCUT2D eigenvalue weighted by atomic mass is 10.3. The number of aromatic nitrogens is 4. The highest BCUT2D eigenvalue weighted by Gasteiger charge is 2.09. The van der Waals surface area contributed by atoms with Crippen LogP contribution in [0.15, 0.2) is 24.0 Å². The zero-order valence-electron chi connectivity index (χ0n) is 11.5. The molecule has 3 aromatic heterocycles. The molecule has 0 amide bonds. The molecular weight excluding hydrogens is 272 g/mol. The van der Waals surface area contributed by atoms with Gasteiger partial charge in [-0.2, -0.15) is 4.98 Å². The molecule has 0 radical (unpaired) electrons. The average Bonchev–Trinajstić information content (AvgIpc) is 2.90. The Labute approximate surface area is 120 Å². The smallest absolute Gasteiger partial charge is 0.230 e. The van der Waals surface area contributed by atoms with Gasteiger partial charge in [0.15, 0.2) is 0 Å². The predicted molar refractivity (Wildman–Crippen MR) is 81.8 cm³/mol. The Morgan fingerprint density at radius 1 is 1.20 bits per heavy atom. The van der Waals surface area contributed by atoms with Gasteiger partial charge in [-0.3, -0.25) is 0 Å². The summed E-state index contributed by atoms with van der Waals surface area (Å²) in [7, 11) is 3.92. The van der Waals surface area contributed by atoms with Gasteiger partial charge < -0.3 is 10.2 Å². The number of aryl methyl sites for hydroxylation is 1. The third-order valence-electron chi connectivity index (χ3n) is 2.86. The molecule has 0 bridgehead atoms. The van der Waals surface area contributed by atoms with Gasteiger partial charge in [-0.25, -0.2) is 15.0 Å². The highest BCUT2D eigenvalue weighted by molar-refractivity contribution is 7.16. The van der Waals surface area contributed by atoms with Crippen molar-refractivity contribution in [3.05, 3.63) is 29.5 Å². The third-order valence-corrected chi connectivity index (χ3v) is 3.68. The van der Waals surface area contributed by atoms with E-state index >= 15 is 0 Å². The molecule has 0 aliphatic heterocycles. The van der Waals surface area contributed by atoms with Crippen LogP contribution in [0.3, 0.4) is 0 Å². The Kier molecular flexibility index (Phi) is 3.19. The third kappa shape index (κ3) is 2.27. The number of fused-ring (bicyclic) bond motifs is 1. The number of rotatable bonds is 3. The van der Waals surface area contributed by atoms with E-state index in [0.29, 0.717) is 5.95 Å². The molecule has 20 heavy (non-hydrogen) atoms. The summed E-state index contributed by atoms with van der Waals surface area (Å²) in [5.41, 5.74) is 1.03. The molecule has 102 valence electrons. The molecule has 0 unspecified atom stereocenters. The lowest BCUT2D eigenvalue weighted by Gasteiger charge is -2.15. The van der Waals surface area contributed by atoms with Crippen molar-refractivity contribution in [2.45, 2.75) is 6.92 Å². The zero-order valence-corrected chi connectivity index (χ0v) is 12.3. The number of hydrogen-bond donors (Lipinski definition) is 1. The van der Waals surface area contributed by atoms with Crippen molar-refractivity contribution in [3.8, 4) is 0 Å². The Morgan fingerprint density at radius 2 is 2.05 bits per heavy atom. The van der Waals surface area contributed by atoms with Crippen LogP contribution in [0.2, 0.25) is 0 Å². The van der Waals surface area contributed by atoms with Crippen LogP contribution in [0, 0.1) is 6.92 Å². The summed E-state index contributed by atoms with van der Waals surface area (Å²) >= 11 is 1.58. The molecule has 0 fully saturated rings. The van der Waals surface area contributed by atoms with E-state index in [9.17, 15) is 0 Å². The lowest BCUT2D eigenvalue weighted by molar-refractivity contribution is 1.02. The standard InChI is InChI=1S/C13H14N6S/c1-8-6-14-13(18-11(8)19(2)3)17-10-9-4-5-20-12(9)16-7-15-10/h4-7H,1-3H3,(H,14,15,16,17,18). The second kappa shape index (κ2) is 5.01. The maximum Gasteiger partial charge on any atom is 0.230 e. The second-order valence-corrected chi connectivity index (χ2v) is 5.48. The first-order valence-corrected chi connectivity index (χ1v) is 6.99. The van der Waals surface area contributed by atoms with Crippen molar-refractivity contribution < 1.29 is 0 Å². The summed E-state index contributed by atoms with van der Waals surface area (Å²) in [4.78, 5) is 20.2. The molecule has 7 heteroatoms. The normalized spacial score (nSPS) is 10.8. The van der Waals surface area contributed by atoms with Crippen LogP contribution in [0.4, 0.5) is 17.6 Å². The van der Waals surface area contributed by atoms with Crippen molar-refractivity contribution >= 4 is 39.1 Å². The molecule has 6 nitrogen and oxygen atoms in total. The van der Waals surface area contributed by atoms with E-state index in [2.05, 4.69) is 25.3 Å². The van der Waals surface area contributed by atoms with E-state index < -0.39 is 0 Å². The topological polar surface area (TPSA) is 66.8 Å². The van der Waals surface area contributed by atoms with Gasteiger partial charge in [0, 0.05) is 25.9 Å². The van der Waals surface area contributed by atoms with Gasteiger partial charge >= 0.3 is 0 Å². The van der Waals surface area contributed by atoms with Crippen LogP contribution in [-0.4, -0.2) is 34.0 Å². The SMILES string of the molecule is Cc1cnc(Nc2ncnc3sccc23)nc1N(C)C. The van der Waals surface area contributed by atoms with Crippen LogP contribution in [-0.2, 0) is 0 Å². The minimum absolute atomic E-state index is 0.533. The van der Waals surface area contributed by atoms with Crippen molar-refractivity contribution in [2.24, 2.45) is 0 Å². The average molecular weight is 286 g/mol. The molecular formula is C13H14N6S. The first-order valence-electron chi connectivity index (χ1n) is 6.11. The van der Waals surface area contributed by atoms with Crippen molar-refractivity contribution in [1.29, 1.82) is 0 Å². The molecule has 0 atom stereocenters. The highest BCUT2D eigenvalue weighted by atomic mass is 32.1. The van der Waals surface area contributed by atoms with Gasteiger partial charge in [0.1, 0.15) is 22.8 Å². The van der Waals surface area contributed by atoms with Crippen molar-refractivity contribution in [1.82, 2.24) is 19.9 Å². The van der Waals surface area contributed by atoms with E-state index in [1.54, 1.807) is 23.9 Å². The van der Waals surface area contributed by atoms with E-state index in [1.807, 2.05) is 37.4 Å². The van der Waals surface area contributed by atoms with Crippen LogP contribution in [0.5, 0.6) is 0 Å². The summed E-state index contributed by atoms with van der Waals surface area (Å²) in [6, 6.07) is 1.99. The van der Waals surface area contributed by atoms with Gasteiger partial charge in [0.25, 0.3) is 0 Å². The number of nitrogens with one attached hydrogen (secondary N) is 1. The van der Waals surface area contributed by atoms with E-state index in [0.717, 1.165) is 27.4 Å². The van der Waals surface area contributed by atoms with Crippen molar-refractivity contribution in [3.63, 3.8) is 0 Å². The molecule has 0 aliphatic carbocycles. The fourth-order valence-corrected chi connectivity index (χ4v) is 2.67. The molecule has 0 aliphatic rings. The Hall–Kier alpha value is -2.28. The molecule has 1 N–H and O–H groups in total. The summed E-state index contributed by atoms with van der Waals surface area (Å²) < 4.78 is 0. The largest absolute Gasteiger partial charge is 0.362 e. The van der Waals surface area contributed by atoms with E-state index in [4.69, 9.17) is 0 Å². The molecule has 0 aromatic carbocycles. The number of anilines is 3. The number of thiophene rings is 1. The van der Waals surface area contributed by atoms with Crippen LogP contribution < -0.4 is 10.2 Å². The van der Waals surface area contributed by atoms with Crippen molar-refractivity contribution in [2.75, 3.05) is 24.3 Å². The van der Waals surface area contributed by atoms with Crippen LogP contribution in [0.25, 0.3) is 10.2 Å². The Balaban J connectivity index is 1.99. The van der Waals surface area contributed by atoms with Gasteiger partial charge in [0.05, 0.1) is 5.39 Å². The highest BCUT2D eigenvalue weighted by Crippen LogP contribution is 2.26. The summed E-state index contributed by atoms with van der Waals surface area (Å²) in [5.74, 6) is 2.15. The van der Waals surface area contributed by atoms with Gasteiger partial charge in [-0.05, 0) is 18.4 Å². The summed E-state index contributed by atoms with van der Waals surface area (Å²) in [5, 5.41) is 6.13. The van der Waals surface area contributed by atoms with E-state index in [-0.39, 0.29) is 0 Å². The van der Waals surface area contributed by atoms with Gasteiger partial charge in [-0.15, -0.1) is 11.3 Å². The summed E-state index contributed by atoms with van der Waals surface area (Å²) in [6.07, 6.45) is 3.35. The van der Waals surface area contributed by atoms with E-state index in [1.165, 1.54) is 0 Å². The van der Waals surface area contributed by atoms with Gasteiger partial charge in [0.2, 0.25) is 5.95 Å². The maximum absolute atomic E-state index is 4.50. The van der Waals surface area contributed by atoms with Gasteiger partial charge in [-0.1, -0.05) is 0 Å². The molecule has 3 heterocycles. The lowest BCUT2D eigenvalue weighted by Crippen LogP contribution is -2.14. The summed E-state index contributed by atoms with van der Waals surface area (Å²) in [6.45, 7) is 1.99. The second-order valence-electron chi connectivity index (χ2n) is 4.58. The Bertz CT molecular complexity index is 751. The first kappa shape index (κ1) is 12.7. The first-order chi connectivity index (χ1) is 9.65. The van der Waals surface area contributed by atoms with Crippen LogP contribution >= 0.6 is 11.3 Å².